The van der Waals surface area contributed by atoms with Crippen molar-refractivity contribution in [1.82, 2.24) is 24.8 Å². The number of hydrogen-bond donors (Lipinski definition) is 1. The average Bonchev–Trinajstić information content (AvgIpc) is 3.68. The van der Waals surface area contributed by atoms with Crippen molar-refractivity contribution >= 4 is 31.1 Å². The summed E-state index contributed by atoms with van der Waals surface area (Å²) in [5.74, 6) is -0.869. The second-order valence-corrected chi connectivity index (χ2v) is 17.8. The van der Waals surface area contributed by atoms with Gasteiger partial charge in [0.15, 0.2) is 5.65 Å². The first kappa shape index (κ1) is 29.7. The predicted molar refractivity (Wildman–Crippen MR) is 152 cm³/mol. The summed E-state index contributed by atoms with van der Waals surface area (Å²) in [4.78, 5) is 37.6. The number of ether oxygens (including phenoxy) is 1. The molecule has 1 saturated heterocycles. The minimum absolute atomic E-state index is 0.0228. The number of likely N-dealkylation sites (tertiary alicyclic amines) is 1. The molecular weight excluding hydrogens is 565 g/mol. The standard InChI is InChI=1S/C29H33F3N6O3Si/c1-42(2,3)11-10-41-17-38-16-22(27(39)36-24(20-4-5-20)28(40)37-14-18(12-33)15-37)25-26(38)34-13-23(35-25)19-6-8-21(9-7-19)29(30,31)32/h6-9,13,16,18,20,24H,4-5,10-11,14-15,17H2,1-3H3,(H,36,39)/t24-/m1/s1. The lowest BCUT2D eigenvalue weighted by Crippen LogP contribution is -2.57. The van der Waals surface area contributed by atoms with Crippen LogP contribution in [0.4, 0.5) is 13.2 Å². The van der Waals surface area contributed by atoms with Crippen LogP contribution in [0.25, 0.3) is 22.4 Å². The van der Waals surface area contributed by atoms with Crippen LogP contribution in [-0.4, -0.2) is 65.1 Å². The van der Waals surface area contributed by atoms with Crippen LogP contribution in [0.15, 0.2) is 36.7 Å². The number of nitrogens with zero attached hydrogens (tertiary/aromatic N) is 5. The lowest BCUT2D eigenvalue weighted by atomic mass is 9.99. The first-order valence-corrected chi connectivity index (χ1v) is 17.7. The number of alkyl halides is 3. The molecule has 3 aromatic rings. The van der Waals surface area contributed by atoms with E-state index in [0.29, 0.717) is 36.6 Å². The van der Waals surface area contributed by atoms with Crippen LogP contribution < -0.4 is 5.32 Å². The number of carbonyl (C=O) groups is 2. The summed E-state index contributed by atoms with van der Waals surface area (Å²) >= 11 is 0. The van der Waals surface area contributed by atoms with Crippen LogP contribution in [-0.2, 0) is 22.4 Å². The number of hydrogen-bond acceptors (Lipinski definition) is 6. The number of nitriles is 1. The zero-order valence-corrected chi connectivity index (χ0v) is 24.7. The van der Waals surface area contributed by atoms with Crippen molar-refractivity contribution in [3.8, 4) is 17.3 Å². The van der Waals surface area contributed by atoms with E-state index in [1.54, 1.807) is 15.7 Å². The minimum Gasteiger partial charge on any atom is -0.361 e. The van der Waals surface area contributed by atoms with Crippen molar-refractivity contribution in [3.05, 3.63) is 47.8 Å². The monoisotopic (exact) mass is 598 g/mol. The summed E-state index contributed by atoms with van der Waals surface area (Å²) in [6.45, 7) is 8.13. The molecule has 1 aliphatic carbocycles. The van der Waals surface area contributed by atoms with E-state index in [2.05, 4.69) is 41.0 Å². The smallest absolute Gasteiger partial charge is 0.361 e. The molecule has 1 atom stereocenters. The third kappa shape index (κ3) is 6.65. The van der Waals surface area contributed by atoms with E-state index in [1.807, 2.05) is 0 Å². The van der Waals surface area contributed by atoms with Crippen LogP contribution in [0.5, 0.6) is 0 Å². The number of nitrogens with one attached hydrogen (secondary N) is 1. The van der Waals surface area contributed by atoms with Crippen LogP contribution in [0.3, 0.4) is 0 Å². The van der Waals surface area contributed by atoms with Gasteiger partial charge in [0.25, 0.3) is 5.91 Å². The molecule has 42 heavy (non-hydrogen) atoms. The van der Waals surface area contributed by atoms with E-state index in [9.17, 15) is 22.8 Å². The van der Waals surface area contributed by atoms with Crippen molar-refractivity contribution in [3.63, 3.8) is 0 Å². The molecule has 2 aliphatic rings. The van der Waals surface area contributed by atoms with Crippen molar-refractivity contribution in [2.75, 3.05) is 19.7 Å². The molecule has 1 saturated carbocycles. The Morgan fingerprint density at radius 1 is 1.19 bits per heavy atom. The van der Waals surface area contributed by atoms with E-state index in [4.69, 9.17) is 10.00 Å². The first-order valence-electron chi connectivity index (χ1n) is 13.9. The minimum atomic E-state index is -4.47. The molecule has 5 rings (SSSR count). The van der Waals surface area contributed by atoms with Gasteiger partial charge in [0.05, 0.1) is 35.0 Å². The van der Waals surface area contributed by atoms with Crippen LogP contribution in [0.1, 0.15) is 28.8 Å². The lowest BCUT2D eigenvalue weighted by Gasteiger charge is -2.37. The molecule has 2 fully saturated rings. The molecule has 222 valence electrons. The average molecular weight is 599 g/mol. The summed E-state index contributed by atoms with van der Waals surface area (Å²) < 4.78 is 46.8. The fourth-order valence-corrected chi connectivity index (χ4v) is 5.55. The van der Waals surface area contributed by atoms with Crippen LogP contribution >= 0.6 is 0 Å². The van der Waals surface area contributed by atoms with Gasteiger partial charge in [-0.05, 0) is 36.9 Å². The van der Waals surface area contributed by atoms with Gasteiger partial charge in [-0.2, -0.15) is 18.4 Å². The number of rotatable bonds is 10. The van der Waals surface area contributed by atoms with E-state index in [-0.39, 0.29) is 35.6 Å². The van der Waals surface area contributed by atoms with Gasteiger partial charge in [-0.25, -0.2) is 9.97 Å². The van der Waals surface area contributed by atoms with Gasteiger partial charge in [0.2, 0.25) is 5.91 Å². The molecule has 13 heteroatoms. The van der Waals surface area contributed by atoms with Crippen molar-refractivity contribution in [1.29, 1.82) is 5.26 Å². The molecule has 0 spiro atoms. The second-order valence-electron chi connectivity index (χ2n) is 12.2. The Bertz CT molecular complexity index is 1520. The SMILES string of the molecule is C[Si](C)(C)CCOCn1cc(C(=O)N[C@@H](C(=O)N2CC(C#N)C2)C2CC2)c2nc(-c3ccc(C(F)(F)F)cc3)cnc21. The second kappa shape index (κ2) is 11.5. The third-order valence-electron chi connectivity index (χ3n) is 7.57. The van der Waals surface area contributed by atoms with Gasteiger partial charge in [-0.3, -0.25) is 9.59 Å². The molecule has 3 heterocycles. The van der Waals surface area contributed by atoms with Gasteiger partial charge >= 0.3 is 6.18 Å². The van der Waals surface area contributed by atoms with Gasteiger partial charge in [0.1, 0.15) is 18.3 Å². The highest BCUT2D eigenvalue weighted by Gasteiger charge is 2.43. The number of halogens is 3. The zero-order chi connectivity index (χ0) is 30.2. The highest BCUT2D eigenvalue weighted by Crippen LogP contribution is 2.35. The normalized spacial score (nSPS) is 16.6. The number of fused-ring (bicyclic) bond motifs is 1. The third-order valence-corrected chi connectivity index (χ3v) is 9.27. The maximum Gasteiger partial charge on any atom is 0.416 e. The van der Waals surface area contributed by atoms with Crippen molar-refractivity contribution in [2.24, 2.45) is 11.8 Å². The Morgan fingerprint density at radius 2 is 1.88 bits per heavy atom. The number of aromatic nitrogens is 3. The molecule has 1 N–H and O–H groups in total. The number of carbonyl (C=O) groups excluding carboxylic acids is 2. The molecule has 2 amide bonds. The van der Waals surface area contributed by atoms with E-state index >= 15 is 0 Å². The molecule has 1 aliphatic heterocycles. The van der Waals surface area contributed by atoms with Crippen LogP contribution in [0, 0.1) is 23.2 Å². The summed E-state index contributed by atoms with van der Waals surface area (Å²) in [6, 6.07) is 6.99. The van der Waals surface area contributed by atoms with Gasteiger partial charge in [-0.15, -0.1) is 0 Å². The molecule has 1 aromatic carbocycles. The molecule has 2 aromatic heterocycles. The highest BCUT2D eigenvalue weighted by atomic mass is 28.3. The van der Waals surface area contributed by atoms with Gasteiger partial charge in [-0.1, -0.05) is 31.8 Å². The van der Waals surface area contributed by atoms with Crippen molar-refractivity contribution < 1.29 is 27.5 Å². The first-order chi connectivity index (χ1) is 19.8. The summed E-state index contributed by atoms with van der Waals surface area (Å²) in [5.41, 5.74) is 0.782. The fourth-order valence-electron chi connectivity index (χ4n) is 4.79. The molecule has 0 unspecified atom stereocenters. The summed E-state index contributed by atoms with van der Waals surface area (Å²) in [6.07, 6.45) is 0.215. The predicted octanol–water partition coefficient (Wildman–Crippen LogP) is 4.92. The Hall–Kier alpha value is -3.76. The maximum absolute atomic E-state index is 13.7. The Kier molecular flexibility index (Phi) is 8.13. The summed E-state index contributed by atoms with van der Waals surface area (Å²) in [7, 11) is -1.32. The zero-order valence-electron chi connectivity index (χ0n) is 23.7. The van der Waals surface area contributed by atoms with Gasteiger partial charge < -0.3 is 19.5 Å². The topological polar surface area (TPSA) is 113 Å². The van der Waals surface area contributed by atoms with Crippen molar-refractivity contribution in [2.45, 2.75) is 57.5 Å². The largest absolute Gasteiger partial charge is 0.416 e. The van der Waals surface area contributed by atoms with Gasteiger partial charge in [0, 0.05) is 39.5 Å². The Morgan fingerprint density at radius 3 is 2.48 bits per heavy atom. The number of amides is 2. The molecule has 0 bridgehead atoms. The summed E-state index contributed by atoms with van der Waals surface area (Å²) in [5, 5.41) is 12.0. The van der Waals surface area contributed by atoms with Crippen LogP contribution in [0.2, 0.25) is 25.7 Å². The molecule has 0 radical (unpaired) electrons. The van der Waals surface area contributed by atoms with E-state index in [0.717, 1.165) is 31.0 Å². The fraction of sp³-hybridized carbons (Fsp3) is 0.483. The highest BCUT2D eigenvalue weighted by molar-refractivity contribution is 6.76. The Labute approximate surface area is 242 Å². The Balaban J connectivity index is 1.43. The number of benzene rings is 1. The lowest BCUT2D eigenvalue weighted by molar-refractivity contribution is -0.139. The molecular formula is C29H33F3N6O3Si. The van der Waals surface area contributed by atoms with E-state index in [1.165, 1.54) is 18.3 Å². The van der Waals surface area contributed by atoms with E-state index < -0.39 is 31.8 Å². The quantitative estimate of drug-likeness (QED) is 0.262. The maximum atomic E-state index is 13.7. The molecule has 9 nitrogen and oxygen atoms in total.